The number of nitrogens with two attached hydrogens (primary N) is 1. The van der Waals surface area contributed by atoms with Gasteiger partial charge in [-0.3, -0.25) is 4.79 Å². The van der Waals surface area contributed by atoms with Crippen molar-refractivity contribution in [1.82, 2.24) is 0 Å². The predicted octanol–water partition coefficient (Wildman–Crippen LogP) is 3.77. The van der Waals surface area contributed by atoms with E-state index < -0.39 is 17.8 Å². The summed E-state index contributed by atoms with van der Waals surface area (Å²) in [5.74, 6) is -1.18. The number of halogens is 3. The van der Waals surface area contributed by atoms with Gasteiger partial charge in [-0.05, 0) is 42.0 Å². The number of hydrogen-bond acceptors (Lipinski definition) is 2. The highest BCUT2D eigenvalue weighted by molar-refractivity contribution is 6.31. The molecule has 0 aliphatic heterocycles. The molecule has 6 heteroatoms. The number of nitrogens with one attached hydrogen (secondary N) is 1. The lowest BCUT2D eigenvalue weighted by Crippen LogP contribution is -2.27. The molecule has 2 aromatic carbocycles. The van der Waals surface area contributed by atoms with Crippen molar-refractivity contribution in [3.05, 3.63) is 63.9 Å². The zero-order valence-corrected chi connectivity index (χ0v) is 11.8. The van der Waals surface area contributed by atoms with Crippen LogP contribution in [0.4, 0.5) is 10.1 Å². The molecule has 3 nitrogen and oxygen atoms in total. The van der Waals surface area contributed by atoms with E-state index in [0.717, 1.165) is 6.07 Å². The Kier molecular flexibility index (Phi) is 4.47. The Labute approximate surface area is 125 Å². The lowest BCUT2D eigenvalue weighted by atomic mass is 10.1. The highest BCUT2D eigenvalue weighted by atomic mass is 35.5. The molecule has 1 amide bonds. The SMILES string of the molecule is NC(=O)C(Nc1cccc(Cl)c1)c1cc(F)cc(Cl)c1. The van der Waals surface area contributed by atoms with Crippen molar-refractivity contribution in [2.45, 2.75) is 6.04 Å². The molecule has 1 unspecified atom stereocenters. The molecule has 0 aliphatic rings. The lowest BCUT2D eigenvalue weighted by Gasteiger charge is -2.17. The van der Waals surface area contributed by atoms with Crippen molar-refractivity contribution in [1.29, 1.82) is 0 Å². The van der Waals surface area contributed by atoms with E-state index in [-0.39, 0.29) is 5.02 Å². The van der Waals surface area contributed by atoms with Gasteiger partial charge in [0.05, 0.1) is 0 Å². The third-order valence-corrected chi connectivity index (χ3v) is 3.09. The van der Waals surface area contributed by atoms with Crippen LogP contribution in [0.1, 0.15) is 11.6 Å². The highest BCUT2D eigenvalue weighted by Crippen LogP contribution is 2.25. The van der Waals surface area contributed by atoms with Gasteiger partial charge in [0.15, 0.2) is 0 Å². The zero-order valence-electron chi connectivity index (χ0n) is 10.2. The molecule has 0 aliphatic carbocycles. The molecular formula is C14H11Cl2FN2O. The van der Waals surface area contributed by atoms with Gasteiger partial charge in [0, 0.05) is 15.7 Å². The molecule has 0 heterocycles. The average Bonchev–Trinajstić information content (AvgIpc) is 2.34. The molecule has 0 aromatic heterocycles. The van der Waals surface area contributed by atoms with Gasteiger partial charge in [0.2, 0.25) is 5.91 Å². The number of carbonyl (C=O) groups is 1. The van der Waals surface area contributed by atoms with E-state index in [1.165, 1.54) is 12.1 Å². The van der Waals surface area contributed by atoms with Crippen molar-refractivity contribution >= 4 is 34.8 Å². The lowest BCUT2D eigenvalue weighted by molar-refractivity contribution is -0.118. The highest BCUT2D eigenvalue weighted by Gasteiger charge is 2.19. The molecule has 1 atom stereocenters. The van der Waals surface area contributed by atoms with Gasteiger partial charge in [-0.25, -0.2) is 4.39 Å². The molecule has 2 rings (SSSR count). The van der Waals surface area contributed by atoms with Crippen molar-refractivity contribution < 1.29 is 9.18 Å². The minimum absolute atomic E-state index is 0.194. The first-order valence-electron chi connectivity index (χ1n) is 5.73. The maximum absolute atomic E-state index is 13.4. The van der Waals surface area contributed by atoms with Gasteiger partial charge in [-0.1, -0.05) is 29.3 Å². The van der Waals surface area contributed by atoms with Crippen LogP contribution >= 0.6 is 23.2 Å². The van der Waals surface area contributed by atoms with E-state index in [0.29, 0.717) is 16.3 Å². The minimum Gasteiger partial charge on any atom is -0.370 e. The maximum atomic E-state index is 13.4. The van der Waals surface area contributed by atoms with Crippen LogP contribution in [0.15, 0.2) is 42.5 Å². The molecule has 0 saturated carbocycles. The molecule has 0 fully saturated rings. The Morgan fingerprint density at radius 1 is 1.15 bits per heavy atom. The number of carbonyl (C=O) groups excluding carboxylic acids is 1. The van der Waals surface area contributed by atoms with Gasteiger partial charge in [0.1, 0.15) is 11.9 Å². The summed E-state index contributed by atoms with van der Waals surface area (Å²) in [6.07, 6.45) is 0. The van der Waals surface area contributed by atoms with Crippen LogP contribution < -0.4 is 11.1 Å². The summed E-state index contributed by atoms with van der Waals surface area (Å²) in [4.78, 5) is 11.6. The summed E-state index contributed by atoms with van der Waals surface area (Å²) in [6, 6.07) is 9.73. The summed E-state index contributed by atoms with van der Waals surface area (Å²) in [7, 11) is 0. The van der Waals surface area contributed by atoms with Gasteiger partial charge >= 0.3 is 0 Å². The van der Waals surface area contributed by atoms with Crippen molar-refractivity contribution in [3.63, 3.8) is 0 Å². The molecular weight excluding hydrogens is 302 g/mol. The topological polar surface area (TPSA) is 55.1 Å². The minimum atomic E-state index is -0.901. The van der Waals surface area contributed by atoms with Crippen LogP contribution in [-0.2, 0) is 4.79 Å². The van der Waals surface area contributed by atoms with Crippen LogP contribution in [0.5, 0.6) is 0 Å². The third-order valence-electron chi connectivity index (χ3n) is 2.64. The van der Waals surface area contributed by atoms with E-state index in [9.17, 15) is 9.18 Å². The van der Waals surface area contributed by atoms with E-state index >= 15 is 0 Å². The average molecular weight is 313 g/mol. The van der Waals surface area contributed by atoms with Crippen LogP contribution in [0, 0.1) is 5.82 Å². The molecule has 0 saturated heterocycles. The fourth-order valence-electron chi connectivity index (χ4n) is 1.81. The number of amides is 1. The Bertz CT molecular complexity index is 629. The number of rotatable bonds is 4. The second kappa shape index (κ2) is 6.11. The van der Waals surface area contributed by atoms with Crippen molar-refractivity contribution in [2.75, 3.05) is 5.32 Å². The number of anilines is 1. The van der Waals surface area contributed by atoms with Crippen LogP contribution in [0.25, 0.3) is 0 Å². The molecule has 20 heavy (non-hydrogen) atoms. The second-order valence-electron chi connectivity index (χ2n) is 4.19. The van der Waals surface area contributed by atoms with Gasteiger partial charge < -0.3 is 11.1 Å². The molecule has 104 valence electrons. The van der Waals surface area contributed by atoms with Crippen molar-refractivity contribution in [3.8, 4) is 0 Å². The Morgan fingerprint density at radius 2 is 1.90 bits per heavy atom. The summed E-state index contributed by atoms with van der Waals surface area (Å²) >= 11 is 11.7. The second-order valence-corrected chi connectivity index (χ2v) is 5.07. The van der Waals surface area contributed by atoms with E-state index in [2.05, 4.69) is 5.32 Å². The third kappa shape index (κ3) is 3.62. The molecule has 0 spiro atoms. The first kappa shape index (κ1) is 14.6. The zero-order chi connectivity index (χ0) is 14.7. The van der Waals surface area contributed by atoms with Crippen LogP contribution in [0.2, 0.25) is 10.0 Å². The maximum Gasteiger partial charge on any atom is 0.244 e. The van der Waals surface area contributed by atoms with E-state index in [1.54, 1.807) is 24.3 Å². The quantitative estimate of drug-likeness (QED) is 0.903. The summed E-state index contributed by atoms with van der Waals surface area (Å²) in [6.45, 7) is 0. The number of hydrogen-bond donors (Lipinski definition) is 2. The Morgan fingerprint density at radius 3 is 2.50 bits per heavy atom. The van der Waals surface area contributed by atoms with Gasteiger partial charge in [0.25, 0.3) is 0 Å². The largest absolute Gasteiger partial charge is 0.370 e. The van der Waals surface area contributed by atoms with E-state index in [1.807, 2.05) is 0 Å². The fraction of sp³-hybridized carbons (Fsp3) is 0.0714. The first-order valence-corrected chi connectivity index (χ1v) is 6.49. The number of benzene rings is 2. The van der Waals surface area contributed by atoms with Crippen LogP contribution in [-0.4, -0.2) is 5.91 Å². The summed E-state index contributed by atoms with van der Waals surface area (Å²) in [5.41, 5.74) is 6.30. The number of primary amides is 1. The molecule has 0 radical (unpaired) electrons. The standard InChI is InChI=1S/C14H11Cl2FN2O/c15-9-2-1-3-12(7-9)19-13(14(18)20)8-4-10(16)6-11(17)5-8/h1-7,13,19H,(H2,18,20). The van der Waals surface area contributed by atoms with Gasteiger partial charge in [-0.15, -0.1) is 0 Å². The fourth-order valence-corrected chi connectivity index (χ4v) is 2.23. The smallest absolute Gasteiger partial charge is 0.244 e. The monoisotopic (exact) mass is 312 g/mol. The molecule has 2 aromatic rings. The molecule has 3 N–H and O–H groups in total. The summed E-state index contributed by atoms with van der Waals surface area (Å²) in [5, 5.41) is 3.61. The Balaban J connectivity index is 2.34. The Hall–Kier alpha value is -1.78. The first-order chi connectivity index (χ1) is 9.45. The van der Waals surface area contributed by atoms with E-state index in [4.69, 9.17) is 28.9 Å². The van der Waals surface area contributed by atoms with Crippen LogP contribution in [0.3, 0.4) is 0 Å². The summed E-state index contributed by atoms with van der Waals surface area (Å²) < 4.78 is 13.4. The van der Waals surface area contributed by atoms with Crippen molar-refractivity contribution in [2.24, 2.45) is 5.73 Å². The van der Waals surface area contributed by atoms with Gasteiger partial charge in [-0.2, -0.15) is 0 Å². The normalized spacial score (nSPS) is 11.9. The molecule has 0 bridgehead atoms. The predicted molar refractivity (Wildman–Crippen MR) is 78.4 cm³/mol.